The van der Waals surface area contributed by atoms with Gasteiger partial charge < -0.3 is 10.0 Å². The molecule has 1 atom stereocenters. The van der Waals surface area contributed by atoms with Crippen LogP contribution in [0.2, 0.25) is 0 Å². The number of nitrogens with one attached hydrogen (secondary N) is 1. The summed E-state index contributed by atoms with van der Waals surface area (Å²) in [7, 11) is -3.88. The summed E-state index contributed by atoms with van der Waals surface area (Å²) < 4.78 is 26.1. The largest absolute Gasteiger partial charge is 0.480 e. The van der Waals surface area contributed by atoms with Gasteiger partial charge in [-0.15, -0.1) is 0 Å². The van der Waals surface area contributed by atoms with Gasteiger partial charge in [-0.1, -0.05) is 20.8 Å². The Morgan fingerprint density at radius 3 is 2.10 bits per heavy atom. The number of carbonyl (C=O) groups is 2. The SMILES string of the molecule is CC(C(=O)O)S(=O)(=O)NC1CCN(C(=O)C(C)(C)C)CC1. The van der Waals surface area contributed by atoms with Crippen LogP contribution in [0, 0.1) is 5.41 Å². The van der Waals surface area contributed by atoms with Gasteiger partial charge in [0.1, 0.15) is 0 Å². The number of likely N-dealkylation sites (tertiary alicyclic amines) is 1. The average Bonchev–Trinajstić information content (AvgIpc) is 2.36. The Kier molecular flexibility index (Phi) is 5.38. The minimum atomic E-state index is -3.88. The van der Waals surface area contributed by atoms with Crippen LogP contribution >= 0.6 is 0 Å². The maximum absolute atomic E-state index is 12.1. The number of amides is 1. The summed E-state index contributed by atoms with van der Waals surface area (Å²) in [5, 5.41) is 7.30. The highest BCUT2D eigenvalue weighted by atomic mass is 32.2. The highest BCUT2D eigenvalue weighted by Gasteiger charge is 2.34. The molecule has 1 fully saturated rings. The minimum absolute atomic E-state index is 0.0442. The fraction of sp³-hybridized carbons (Fsp3) is 0.846. The van der Waals surface area contributed by atoms with E-state index in [4.69, 9.17) is 5.11 Å². The first-order chi connectivity index (χ1) is 9.45. The molecule has 1 heterocycles. The molecule has 1 amide bonds. The molecule has 0 bridgehead atoms. The predicted molar refractivity (Wildman–Crippen MR) is 78.2 cm³/mol. The van der Waals surface area contributed by atoms with E-state index in [1.807, 2.05) is 20.8 Å². The first kappa shape index (κ1) is 17.9. The number of sulfonamides is 1. The molecule has 1 rings (SSSR count). The van der Waals surface area contributed by atoms with Gasteiger partial charge in [0.2, 0.25) is 15.9 Å². The van der Waals surface area contributed by atoms with Crippen LogP contribution in [0.15, 0.2) is 0 Å². The first-order valence-electron chi connectivity index (χ1n) is 6.98. The summed E-state index contributed by atoms with van der Waals surface area (Å²) in [4.78, 5) is 24.6. The van der Waals surface area contributed by atoms with Crippen molar-refractivity contribution < 1.29 is 23.1 Å². The van der Waals surface area contributed by atoms with Gasteiger partial charge in [-0.2, -0.15) is 0 Å². The lowest BCUT2D eigenvalue weighted by molar-refractivity contribution is -0.140. The fourth-order valence-corrected chi connectivity index (χ4v) is 3.31. The molecule has 1 unspecified atom stereocenters. The van der Waals surface area contributed by atoms with Gasteiger partial charge >= 0.3 is 5.97 Å². The molecule has 0 spiro atoms. The molecule has 21 heavy (non-hydrogen) atoms. The van der Waals surface area contributed by atoms with Crippen molar-refractivity contribution in [1.82, 2.24) is 9.62 Å². The number of carboxylic acids is 1. The summed E-state index contributed by atoms with van der Waals surface area (Å²) in [5.41, 5.74) is -0.454. The second-order valence-corrected chi connectivity index (χ2v) is 8.49. The van der Waals surface area contributed by atoms with E-state index in [-0.39, 0.29) is 11.9 Å². The molecule has 0 saturated carbocycles. The van der Waals surface area contributed by atoms with Crippen LogP contribution in [0.25, 0.3) is 0 Å². The molecule has 8 heteroatoms. The van der Waals surface area contributed by atoms with Crippen LogP contribution in [0.3, 0.4) is 0 Å². The van der Waals surface area contributed by atoms with Crippen LogP contribution < -0.4 is 4.72 Å². The Morgan fingerprint density at radius 2 is 1.71 bits per heavy atom. The molecule has 0 aliphatic carbocycles. The van der Waals surface area contributed by atoms with E-state index < -0.39 is 26.7 Å². The van der Waals surface area contributed by atoms with Crippen LogP contribution in [-0.4, -0.2) is 54.7 Å². The lowest BCUT2D eigenvalue weighted by atomic mass is 9.93. The van der Waals surface area contributed by atoms with E-state index in [2.05, 4.69) is 4.72 Å². The van der Waals surface area contributed by atoms with E-state index in [1.54, 1.807) is 4.90 Å². The van der Waals surface area contributed by atoms with E-state index in [1.165, 1.54) is 0 Å². The van der Waals surface area contributed by atoms with Crippen LogP contribution in [-0.2, 0) is 19.6 Å². The summed E-state index contributed by atoms with van der Waals surface area (Å²) in [6, 6.07) is -0.319. The molecule has 0 aromatic carbocycles. The number of carbonyl (C=O) groups excluding carboxylic acids is 1. The Morgan fingerprint density at radius 1 is 1.24 bits per heavy atom. The standard InChI is InChI=1S/C13H24N2O5S/c1-9(11(16)17)21(19,20)14-10-5-7-15(8-6-10)12(18)13(2,3)4/h9-10,14H,5-8H2,1-4H3,(H,16,17). The lowest BCUT2D eigenvalue weighted by Gasteiger charge is -2.36. The number of hydrogen-bond donors (Lipinski definition) is 2. The highest BCUT2D eigenvalue weighted by Crippen LogP contribution is 2.21. The van der Waals surface area contributed by atoms with E-state index in [0.29, 0.717) is 25.9 Å². The molecule has 0 radical (unpaired) electrons. The number of piperidine rings is 1. The second-order valence-electron chi connectivity index (χ2n) is 6.46. The maximum Gasteiger partial charge on any atom is 0.323 e. The summed E-state index contributed by atoms with van der Waals surface area (Å²) in [6.07, 6.45) is 0.987. The van der Waals surface area contributed by atoms with Gasteiger partial charge in [0, 0.05) is 24.5 Å². The zero-order chi connectivity index (χ0) is 16.4. The van der Waals surface area contributed by atoms with Crippen molar-refractivity contribution in [2.45, 2.75) is 51.8 Å². The van der Waals surface area contributed by atoms with Gasteiger partial charge in [0.05, 0.1) is 0 Å². The average molecular weight is 320 g/mol. The monoisotopic (exact) mass is 320 g/mol. The Hall–Kier alpha value is -1.15. The van der Waals surface area contributed by atoms with Crippen LogP contribution in [0.4, 0.5) is 0 Å². The number of aliphatic carboxylic acids is 1. The minimum Gasteiger partial charge on any atom is -0.480 e. The zero-order valence-corrected chi connectivity index (χ0v) is 13.7. The molecular formula is C13H24N2O5S. The number of carboxylic acid groups (broad SMARTS) is 1. The third-order valence-electron chi connectivity index (χ3n) is 3.57. The summed E-state index contributed by atoms with van der Waals surface area (Å²) >= 11 is 0. The fourth-order valence-electron chi connectivity index (χ4n) is 2.14. The van der Waals surface area contributed by atoms with Crippen molar-refractivity contribution in [2.75, 3.05) is 13.1 Å². The molecule has 2 N–H and O–H groups in total. The molecule has 1 aliphatic heterocycles. The lowest BCUT2D eigenvalue weighted by Crippen LogP contribution is -2.51. The van der Waals surface area contributed by atoms with Crippen molar-refractivity contribution in [3.63, 3.8) is 0 Å². The third-order valence-corrected chi connectivity index (χ3v) is 5.36. The molecular weight excluding hydrogens is 296 g/mol. The van der Waals surface area contributed by atoms with Crippen molar-refractivity contribution >= 4 is 21.9 Å². The van der Waals surface area contributed by atoms with E-state index in [9.17, 15) is 18.0 Å². The molecule has 0 aromatic heterocycles. The Balaban J connectivity index is 2.59. The molecule has 1 saturated heterocycles. The van der Waals surface area contributed by atoms with Gasteiger partial charge in [-0.3, -0.25) is 9.59 Å². The maximum atomic E-state index is 12.1. The van der Waals surface area contributed by atoms with Gasteiger partial charge in [0.25, 0.3) is 0 Å². The van der Waals surface area contributed by atoms with E-state index in [0.717, 1.165) is 6.92 Å². The normalized spacial score (nSPS) is 19.3. The van der Waals surface area contributed by atoms with Crippen molar-refractivity contribution in [1.29, 1.82) is 0 Å². The van der Waals surface area contributed by atoms with Crippen molar-refractivity contribution in [2.24, 2.45) is 5.41 Å². The van der Waals surface area contributed by atoms with Crippen LogP contribution in [0.5, 0.6) is 0 Å². The van der Waals surface area contributed by atoms with Crippen molar-refractivity contribution in [3.05, 3.63) is 0 Å². The second kappa shape index (κ2) is 6.31. The van der Waals surface area contributed by atoms with Gasteiger partial charge in [0.15, 0.2) is 5.25 Å². The number of rotatable bonds is 4. The first-order valence-corrected chi connectivity index (χ1v) is 8.53. The quantitative estimate of drug-likeness (QED) is 0.781. The summed E-state index contributed by atoms with van der Waals surface area (Å²) in [6.45, 7) is 7.63. The van der Waals surface area contributed by atoms with Gasteiger partial charge in [-0.25, -0.2) is 13.1 Å². The molecule has 122 valence electrons. The number of nitrogens with zero attached hydrogens (tertiary/aromatic N) is 1. The zero-order valence-electron chi connectivity index (χ0n) is 12.9. The number of hydrogen-bond acceptors (Lipinski definition) is 4. The highest BCUT2D eigenvalue weighted by molar-refractivity contribution is 7.90. The topological polar surface area (TPSA) is 104 Å². The summed E-state index contributed by atoms with van der Waals surface area (Å²) in [5.74, 6) is -1.33. The third kappa shape index (κ3) is 4.67. The molecule has 0 aromatic rings. The Labute approximate surface area is 125 Å². The smallest absolute Gasteiger partial charge is 0.323 e. The van der Waals surface area contributed by atoms with Crippen LogP contribution in [0.1, 0.15) is 40.5 Å². The van der Waals surface area contributed by atoms with Gasteiger partial charge in [-0.05, 0) is 19.8 Å². The van der Waals surface area contributed by atoms with Crippen molar-refractivity contribution in [3.8, 4) is 0 Å². The van der Waals surface area contributed by atoms with E-state index >= 15 is 0 Å². The Bertz CT molecular complexity index is 501. The molecule has 1 aliphatic rings. The molecule has 7 nitrogen and oxygen atoms in total. The predicted octanol–water partition coefficient (Wildman–Crippen LogP) is 0.416.